The maximum atomic E-state index is 12.3. The molecular formula is C26H30N2O4. The van der Waals surface area contributed by atoms with Crippen molar-refractivity contribution in [3.63, 3.8) is 0 Å². The quantitative estimate of drug-likeness (QED) is 0.453. The van der Waals surface area contributed by atoms with Crippen LogP contribution < -0.4 is 14.8 Å². The fourth-order valence-electron chi connectivity index (χ4n) is 3.33. The molecule has 1 aromatic heterocycles. The minimum Gasteiger partial charge on any atom is -0.493 e. The second-order valence-corrected chi connectivity index (χ2v) is 7.77. The molecule has 0 aliphatic heterocycles. The first-order chi connectivity index (χ1) is 15.5. The third-order valence-corrected chi connectivity index (χ3v) is 5.27. The zero-order chi connectivity index (χ0) is 22.9. The third-order valence-electron chi connectivity index (χ3n) is 5.27. The summed E-state index contributed by atoms with van der Waals surface area (Å²) in [6.45, 7) is 6.10. The van der Waals surface area contributed by atoms with Crippen molar-refractivity contribution in [2.24, 2.45) is 0 Å². The summed E-state index contributed by atoms with van der Waals surface area (Å²) < 4.78 is 16.5. The van der Waals surface area contributed by atoms with Gasteiger partial charge in [-0.15, -0.1) is 0 Å². The van der Waals surface area contributed by atoms with Crippen molar-refractivity contribution in [3.05, 3.63) is 82.8 Å². The van der Waals surface area contributed by atoms with Crippen LogP contribution in [-0.2, 0) is 17.8 Å². The predicted molar refractivity (Wildman–Crippen MR) is 125 cm³/mol. The topological polar surface area (TPSA) is 73.6 Å². The first kappa shape index (κ1) is 23.1. The van der Waals surface area contributed by atoms with E-state index < -0.39 is 0 Å². The van der Waals surface area contributed by atoms with E-state index in [0.717, 1.165) is 35.4 Å². The van der Waals surface area contributed by atoms with Gasteiger partial charge in [-0.2, -0.15) is 0 Å². The van der Waals surface area contributed by atoms with Crippen molar-refractivity contribution in [1.82, 2.24) is 10.5 Å². The zero-order valence-electron chi connectivity index (χ0n) is 19.1. The fourth-order valence-corrected chi connectivity index (χ4v) is 3.33. The van der Waals surface area contributed by atoms with Gasteiger partial charge in [0.15, 0.2) is 11.5 Å². The highest BCUT2D eigenvalue weighted by Crippen LogP contribution is 2.30. The van der Waals surface area contributed by atoms with Crippen molar-refractivity contribution in [2.75, 3.05) is 7.11 Å². The third kappa shape index (κ3) is 6.48. The molecule has 0 bridgehead atoms. The van der Waals surface area contributed by atoms with Gasteiger partial charge in [0.05, 0.1) is 18.4 Å². The molecule has 0 saturated heterocycles. The smallest absolute Gasteiger partial charge is 0.244 e. The van der Waals surface area contributed by atoms with Crippen LogP contribution in [0, 0.1) is 13.8 Å². The summed E-state index contributed by atoms with van der Waals surface area (Å²) in [6, 6.07) is 15.9. The molecular weight excluding hydrogens is 404 g/mol. The standard InChI is InChI=1S/C26H30N2O4/c1-18(10-11-21-8-6-5-7-9-21)27-26(29)15-13-22-12-14-24(25(16-22)30-4)31-17-23-19(2)28-32-20(23)3/h5-9,12-16,18H,10-11,17H2,1-4H3,(H,27,29)/b15-13+. The molecule has 1 amide bonds. The second-order valence-electron chi connectivity index (χ2n) is 7.77. The highest BCUT2D eigenvalue weighted by atomic mass is 16.5. The molecule has 0 spiro atoms. The molecule has 3 rings (SSSR count). The molecule has 1 atom stereocenters. The van der Waals surface area contributed by atoms with Crippen molar-refractivity contribution in [3.8, 4) is 11.5 Å². The van der Waals surface area contributed by atoms with E-state index in [0.29, 0.717) is 18.1 Å². The Labute approximate surface area is 189 Å². The first-order valence-electron chi connectivity index (χ1n) is 10.7. The Kier molecular flexibility index (Phi) is 8.08. The molecule has 6 heteroatoms. The van der Waals surface area contributed by atoms with E-state index in [1.54, 1.807) is 13.2 Å². The Morgan fingerprint density at radius 1 is 1.16 bits per heavy atom. The van der Waals surface area contributed by atoms with E-state index in [2.05, 4.69) is 22.6 Å². The number of carbonyl (C=O) groups excluding carboxylic acids is 1. The van der Waals surface area contributed by atoms with E-state index in [-0.39, 0.29) is 11.9 Å². The van der Waals surface area contributed by atoms with Gasteiger partial charge in [0.1, 0.15) is 12.4 Å². The summed E-state index contributed by atoms with van der Waals surface area (Å²) in [4.78, 5) is 12.3. The van der Waals surface area contributed by atoms with Gasteiger partial charge in [-0.25, -0.2) is 0 Å². The highest BCUT2D eigenvalue weighted by Gasteiger charge is 2.12. The molecule has 32 heavy (non-hydrogen) atoms. The number of methoxy groups -OCH3 is 1. The molecule has 1 unspecified atom stereocenters. The number of rotatable bonds is 10. The Bertz CT molecular complexity index is 1040. The number of hydrogen-bond acceptors (Lipinski definition) is 5. The van der Waals surface area contributed by atoms with Crippen LogP contribution in [0.4, 0.5) is 0 Å². The Hall–Kier alpha value is -3.54. The molecule has 0 aliphatic rings. The zero-order valence-corrected chi connectivity index (χ0v) is 19.1. The van der Waals surface area contributed by atoms with Gasteiger partial charge >= 0.3 is 0 Å². The summed E-state index contributed by atoms with van der Waals surface area (Å²) in [6.07, 6.45) is 5.12. The van der Waals surface area contributed by atoms with E-state index in [1.165, 1.54) is 11.6 Å². The van der Waals surface area contributed by atoms with Crippen molar-refractivity contribution >= 4 is 12.0 Å². The molecule has 3 aromatic rings. The number of amides is 1. The maximum absolute atomic E-state index is 12.3. The highest BCUT2D eigenvalue weighted by molar-refractivity contribution is 5.92. The fraction of sp³-hybridized carbons (Fsp3) is 0.308. The van der Waals surface area contributed by atoms with Gasteiger partial charge in [-0.3, -0.25) is 4.79 Å². The normalized spacial score (nSPS) is 12.0. The summed E-state index contributed by atoms with van der Waals surface area (Å²) in [7, 11) is 1.59. The minimum absolute atomic E-state index is 0.0852. The average molecular weight is 435 g/mol. The van der Waals surface area contributed by atoms with Crippen LogP contribution >= 0.6 is 0 Å². The molecule has 0 saturated carbocycles. The van der Waals surface area contributed by atoms with Crippen LogP contribution in [-0.4, -0.2) is 24.2 Å². The summed E-state index contributed by atoms with van der Waals surface area (Å²) >= 11 is 0. The molecule has 1 heterocycles. The summed E-state index contributed by atoms with van der Waals surface area (Å²) in [5.74, 6) is 1.83. The lowest BCUT2D eigenvalue weighted by molar-refractivity contribution is -0.117. The van der Waals surface area contributed by atoms with Crippen LogP contribution in [0.5, 0.6) is 11.5 Å². The number of carbonyl (C=O) groups is 1. The van der Waals surface area contributed by atoms with Gasteiger partial charge in [-0.1, -0.05) is 41.6 Å². The number of ether oxygens (including phenoxy) is 2. The largest absolute Gasteiger partial charge is 0.493 e. The lowest BCUT2D eigenvalue weighted by Crippen LogP contribution is -2.31. The van der Waals surface area contributed by atoms with E-state index in [4.69, 9.17) is 14.0 Å². The second kappa shape index (κ2) is 11.2. The van der Waals surface area contributed by atoms with E-state index in [9.17, 15) is 4.79 Å². The van der Waals surface area contributed by atoms with Gasteiger partial charge in [0.2, 0.25) is 5.91 Å². The molecule has 0 fully saturated rings. The SMILES string of the molecule is COc1cc(/C=C/C(=O)NC(C)CCc2ccccc2)ccc1OCc1c(C)noc1C. The van der Waals surface area contributed by atoms with Crippen molar-refractivity contribution in [2.45, 2.75) is 46.3 Å². The molecule has 0 aliphatic carbocycles. The maximum Gasteiger partial charge on any atom is 0.244 e. The summed E-state index contributed by atoms with van der Waals surface area (Å²) in [5.41, 5.74) is 3.85. The van der Waals surface area contributed by atoms with Crippen LogP contribution in [0.15, 0.2) is 59.1 Å². The monoisotopic (exact) mass is 434 g/mol. The number of benzene rings is 2. The van der Waals surface area contributed by atoms with Gasteiger partial charge in [0, 0.05) is 12.1 Å². The Morgan fingerprint density at radius 3 is 2.62 bits per heavy atom. The number of nitrogens with one attached hydrogen (secondary N) is 1. The van der Waals surface area contributed by atoms with E-state index in [1.807, 2.05) is 57.2 Å². The number of hydrogen-bond donors (Lipinski definition) is 1. The molecule has 2 aromatic carbocycles. The minimum atomic E-state index is -0.122. The number of nitrogens with zero attached hydrogens (tertiary/aromatic N) is 1. The molecule has 6 nitrogen and oxygen atoms in total. The molecule has 1 N–H and O–H groups in total. The van der Waals surface area contributed by atoms with Crippen LogP contribution in [0.1, 0.15) is 41.5 Å². The molecule has 0 radical (unpaired) electrons. The van der Waals surface area contributed by atoms with Crippen LogP contribution in [0.3, 0.4) is 0 Å². The van der Waals surface area contributed by atoms with Gasteiger partial charge in [0.25, 0.3) is 0 Å². The predicted octanol–water partition coefficient (Wildman–Crippen LogP) is 5.03. The molecule has 168 valence electrons. The van der Waals surface area contributed by atoms with Gasteiger partial charge in [-0.05, 0) is 62.9 Å². The number of aryl methyl sites for hydroxylation is 3. The number of aromatic nitrogens is 1. The van der Waals surface area contributed by atoms with Gasteiger partial charge < -0.3 is 19.3 Å². The van der Waals surface area contributed by atoms with E-state index >= 15 is 0 Å². The Balaban J connectivity index is 1.53. The Morgan fingerprint density at radius 2 is 1.94 bits per heavy atom. The van der Waals surface area contributed by atoms with Crippen molar-refractivity contribution < 1.29 is 18.8 Å². The first-order valence-corrected chi connectivity index (χ1v) is 10.7. The lowest BCUT2D eigenvalue weighted by Gasteiger charge is -2.12. The van der Waals surface area contributed by atoms with Crippen LogP contribution in [0.2, 0.25) is 0 Å². The van der Waals surface area contributed by atoms with Crippen LogP contribution in [0.25, 0.3) is 6.08 Å². The lowest BCUT2D eigenvalue weighted by atomic mass is 10.1. The average Bonchev–Trinajstić information content (AvgIpc) is 3.13. The summed E-state index contributed by atoms with van der Waals surface area (Å²) in [5, 5.41) is 6.95. The van der Waals surface area contributed by atoms with Crippen molar-refractivity contribution in [1.29, 1.82) is 0 Å².